The average molecular weight is 351 g/mol. The Morgan fingerprint density at radius 1 is 1.29 bits per heavy atom. The van der Waals surface area contributed by atoms with Gasteiger partial charge in [-0.15, -0.1) is 0 Å². The summed E-state index contributed by atoms with van der Waals surface area (Å²) in [7, 11) is 0. The summed E-state index contributed by atoms with van der Waals surface area (Å²) in [6, 6.07) is 7.89. The lowest BCUT2D eigenvalue weighted by Gasteiger charge is -2.22. The highest BCUT2D eigenvalue weighted by Crippen LogP contribution is 2.29. The Bertz CT molecular complexity index is 526. The number of alkyl halides is 3. The summed E-state index contributed by atoms with van der Waals surface area (Å²) in [5.41, 5.74) is 0.670. The topological polar surface area (TPSA) is 55.4 Å². The summed E-state index contributed by atoms with van der Waals surface area (Å²) in [6.45, 7) is 5.53. The zero-order valence-corrected chi connectivity index (χ0v) is 13.5. The zero-order chi connectivity index (χ0) is 16.0. The van der Waals surface area contributed by atoms with Crippen LogP contribution in [0.3, 0.4) is 0 Å². The Morgan fingerprint density at radius 3 is 2.33 bits per heavy atom. The molecule has 1 N–H and O–H groups in total. The van der Waals surface area contributed by atoms with E-state index in [0.29, 0.717) is 5.56 Å². The van der Waals surface area contributed by atoms with Gasteiger partial charge in [-0.2, -0.15) is 0 Å². The average Bonchev–Trinajstić information content (AvgIpc) is 2.44. The van der Waals surface area contributed by atoms with E-state index in [1.807, 2.05) is 0 Å². The number of rotatable bonds is 5. The molecular weight excluding hydrogens is 337 g/mol. The van der Waals surface area contributed by atoms with Gasteiger partial charge in [0.2, 0.25) is 0 Å². The standard InChI is InChI=1S/C14H14Cl3NO3/c1-3-21-12(19)9(2)11(10-7-5-4-6-8-10)18-13(20)14(15,16)17/h4-8,11H,2-3H2,1H3,(H,18,20). The van der Waals surface area contributed by atoms with Crippen molar-refractivity contribution in [1.29, 1.82) is 0 Å². The van der Waals surface area contributed by atoms with Crippen LogP contribution in [0.15, 0.2) is 42.5 Å². The Kier molecular flexibility index (Phi) is 6.52. The number of esters is 1. The molecule has 1 aromatic carbocycles. The van der Waals surface area contributed by atoms with Crippen LogP contribution < -0.4 is 5.32 Å². The van der Waals surface area contributed by atoms with E-state index < -0.39 is 21.7 Å². The highest BCUT2D eigenvalue weighted by molar-refractivity contribution is 6.76. The molecule has 1 atom stereocenters. The van der Waals surface area contributed by atoms with Gasteiger partial charge in [-0.05, 0) is 12.5 Å². The summed E-state index contributed by atoms with van der Waals surface area (Å²) in [6.07, 6.45) is 0. The molecule has 114 valence electrons. The van der Waals surface area contributed by atoms with Crippen LogP contribution in [0.2, 0.25) is 0 Å². The lowest BCUT2D eigenvalue weighted by atomic mass is 10.00. The van der Waals surface area contributed by atoms with Gasteiger partial charge in [0.1, 0.15) is 0 Å². The van der Waals surface area contributed by atoms with E-state index in [9.17, 15) is 9.59 Å². The van der Waals surface area contributed by atoms with Crippen LogP contribution in [0.4, 0.5) is 0 Å². The first kappa shape index (κ1) is 17.8. The summed E-state index contributed by atoms with van der Waals surface area (Å²) in [5, 5.41) is 2.48. The van der Waals surface area contributed by atoms with Gasteiger partial charge < -0.3 is 10.1 Å². The first-order valence-corrected chi connectivity index (χ1v) is 7.19. The molecule has 0 fully saturated rings. The van der Waals surface area contributed by atoms with Crippen molar-refractivity contribution in [2.75, 3.05) is 6.61 Å². The highest BCUT2D eigenvalue weighted by atomic mass is 35.6. The smallest absolute Gasteiger partial charge is 0.335 e. The van der Waals surface area contributed by atoms with Crippen molar-refractivity contribution in [2.45, 2.75) is 16.8 Å². The Morgan fingerprint density at radius 2 is 1.86 bits per heavy atom. The van der Waals surface area contributed by atoms with E-state index in [1.54, 1.807) is 37.3 Å². The van der Waals surface area contributed by atoms with Gasteiger partial charge in [-0.3, -0.25) is 4.79 Å². The molecule has 1 rings (SSSR count). The molecule has 21 heavy (non-hydrogen) atoms. The van der Waals surface area contributed by atoms with E-state index in [0.717, 1.165) is 0 Å². The maximum atomic E-state index is 11.8. The number of ether oxygens (including phenoxy) is 1. The second-order valence-corrected chi connectivity index (χ2v) is 6.34. The molecule has 0 aliphatic heterocycles. The molecule has 0 aromatic heterocycles. The van der Waals surface area contributed by atoms with E-state index in [1.165, 1.54) is 0 Å². The number of amides is 1. The molecule has 1 amide bonds. The van der Waals surface area contributed by atoms with Crippen molar-refractivity contribution in [3.05, 3.63) is 48.0 Å². The number of carbonyl (C=O) groups is 2. The molecule has 0 saturated heterocycles. The van der Waals surface area contributed by atoms with E-state index in [2.05, 4.69) is 11.9 Å². The number of hydrogen-bond acceptors (Lipinski definition) is 3. The molecule has 0 spiro atoms. The Balaban J connectivity index is 3.04. The van der Waals surface area contributed by atoms with Crippen LogP contribution >= 0.6 is 34.8 Å². The molecule has 7 heteroatoms. The monoisotopic (exact) mass is 349 g/mol. The molecule has 1 aromatic rings. The van der Waals surface area contributed by atoms with Crippen LogP contribution in [0.25, 0.3) is 0 Å². The molecule has 0 aliphatic rings. The van der Waals surface area contributed by atoms with Gasteiger partial charge >= 0.3 is 5.97 Å². The predicted molar refractivity (Wildman–Crippen MR) is 83.4 cm³/mol. The number of nitrogens with one attached hydrogen (secondary N) is 1. The second-order valence-electron chi connectivity index (χ2n) is 4.06. The fourth-order valence-corrected chi connectivity index (χ4v) is 1.74. The molecular formula is C14H14Cl3NO3. The predicted octanol–water partition coefficient (Wildman–Crippen LogP) is 3.33. The van der Waals surface area contributed by atoms with Crippen LogP contribution in [0.1, 0.15) is 18.5 Å². The van der Waals surface area contributed by atoms with E-state index in [-0.39, 0.29) is 12.2 Å². The third kappa shape index (κ3) is 5.23. The summed E-state index contributed by atoms with van der Waals surface area (Å²) >= 11 is 16.6. The quantitative estimate of drug-likeness (QED) is 0.503. The Labute approximate surface area is 138 Å². The van der Waals surface area contributed by atoms with Crippen LogP contribution in [-0.4, -0.2) is 22.3 Å². The van der Waals surface area contributed by atoms with Crippen molar-refractivity contribution < 1.29 is 14.3 Å². The first-order chi connectivity index (χ1) is 9.77. The number of carbonyl (C=O) groups excluding carboxylic acids is 2. The number of hydrogen-bond donors (Lipinski definition) is 1. The van der Waals surface area contributed by atoms with Gasteiger partial charge in [0.25, 0.3) is 9.70 Å². The normalized spacial score (nSPS) is 12.4. The van der Waals surface area contributed by atoms with Crippen molar-refractivity contribution in [3.8, 4) is 0 Å². The minimum Gasteiger partial charge on any atom is -0.463 e. The van der Waals surface area contributed by atoms with Gasteiger partial charge in [0, 0.05) is 0 Å². The fraction of sp³-hybridized carbons (Fsp3) is 0.286. The second kappa shape index (κ2) is 7.69. The van der Waals surface area contributed by atoms with Crippen molar-refractivity contribution in [2.24, 2.45) is 0 Å². The summed E-state index contributed by atoms with van der Waals surface area (Å²) in [5.74, 6) is -1.48. The van der Waals surface area contributed by atoms with Crippen molar-refractivity contribution in [3.63, 3.8) is 0 Å². The molecule has 0 bridgehead atoms. The molecule has 4 nitrogen and oxygen atoms in total. The minimum atomic E-state index is -2.14. The number of benzene rings is 1. The highest BCUT2D eigenvalue weighted by Gasteiger charge is 2.34. The lowest BCUT2D eigenvalue weighted by Crippen LogP contribution is -2.39. The van der Waals surface area contributed by atoms with Crippen LogP contribution in [-0.2, 0) is 14.3 Å². The Hall–Kier alpha value is -1.23. The summed E-state index contributed by atoms with van der Waals surface area (Å²) < 4.78 is 2.75. The molecule has 0 heterocycles. The van der Waals surface area contributed by atoms with E-state index >= 15 is 0 Å². The number of halogens is 3. The van der Waals surface area contributed by atoms with Gasteiger partial charge in [-0.1, -0.05) is 71.7 Å². The van der Waals surface area contributed by atoms with E-state index in [4.69, 9.17) is 39.5 Å². The molecule has 0 aliphatic carbocycles. The largest absolute Gasteiger partial charge is 0.463 e. The lowest BCUT2D eigenvalue weighted by molar-refractivity contribution is -0.138. The maximum Gasteiger partial charge on any atom is 0.335 e. The van der Waals surface area contributed by atoms with Gasteiger partial charge in [0.15, 0.2) is 0 Å². The van der Waals surface area contributed by atoms with Crippen LogP contribution in [0, 0.1) is 0 Å². The summed E-state index contributed by atoms with van der Waals surface area (Å²) in [4.78, 5) is 23.7. The third-order valence-electron chi connectivity index (χ3n) is 2.55. The SMILES string of the molecule is C=C(C(=O)OCC)C(NC(=O)C(Cl)(Cl)Cl)c1ccccc1. The fourth-order valence-electron chi connectivity index (χ4n) is 1.57. The van der Waals surface area contributed by atoms with Crippen LogP contribution in [0.5, 0.6) is 0 Å². The minimum absolute atomic E-state index is 0.0469. The van der Waals surface area contributed by atoms with Gasteiger partial charge in [-0.25, -0.2) is 4.79 Å². The zero-order valence-electron chi connectivity index (χ0n) is 11.2. The molecule has 0 radical (unpaired) electrons. The van der Waals surface area contributed by atoms with Crippen molar-refractivity contribution >= 4 is 46.7 Å². The molecule has 1 unspecified atom stereocenters. The maximum absolute atomic E-state index is 11.8. The molecule has 0 saturated carbocycles. The first-order valence-electron chi connectivity index (χ1n) is 6.06. The van der Waals surface area contributed by atoms with Gasteiger partial charge in [0.05, 0.1) is 18.2 Å². The van der Waals surface area contributed by atoms with Crippen molar-refractivity contribution in [1.82, 2.24) is 5.32 Å². The third-order valence-corrected chi connectivity index (χ3v) is 3.07.